The van der Waals surface area contributed by atoms with E-state index in [1.807, 2.05) is 13.8 Å². The highest BCUT2D eigenvalue weighted by atomic mass is 16.6. The maximum atomic E-state index is 11.3. The lowest BCUT2D eigenvalue weighted by atomic mass is 9.67. The van der Waals surface area contributed by atoms with Crippen molar-refractivity contribution in [2.45, 2.75) is 59.4 Å². The van der Waals surface area contributed by atoms with Crippen molar-refractivity contribution in [3.63, 3.8) is 0 Å². The topological polar surface area (TPSA) is 73.0 Å². The number of rotatable bonds is 6. The van der Waals surface area contributed by atoms with Gasteiger partial charge in [0.25, 0.3) is 0 Å². The molecule has 1 aliphatic carbocycles. The Kier molecular flexibility index (Phi) is 4.01. The second kappa shape index (κ2) is 5.42. The molecule has 6 heteroatoms. The fraction of sp³-hybridized carbons (Fsp3) is 0.786. The first-order valence-electron chi connectivity index (χ1n) is 7.37. The van der Waals surface area contributed by atoms with Gasteiger partial charge in [0.1, 0.15) is 5.69 Å². The van der Waals surface area contributed by atoms with Crippen LogP contribution in [0.5, 0.6) is 0 Å². The second-order valence-corrected chi connectivity index (χ2v) is 6.14. The average molecular weight is 280 g/mol. The molecule has 1 N–H and O–H groups in total. The number of hydrogen-bond donors (Lipinski definition) is 1. The Morgan fingerprint density at radius 1 is 1.50 bits per heavy atom. The van der Waals surface area contributed by atoms with Crippen molar-refractivity contribution < 1.29 is 4.92 Å². The van der Waals surface area contributed by atoms with Crippen LogP contribution in [-0.2, 0) is 0 Å². The smallest absolute Gasteiger partial charge is 0.333 e. The zero-order valence-electron chi connectivity index (χ0n) is 12.8. The fourth-order valence-electron chi connectivity index (χ4n) is 2.90. The number of aromatic nitrogens is 2. The maximum absolute atomic E-state index is 11.3. The normalized spacial score (nSPS) is 17.1. The lowest BCUT2D eigenvalue weighted by Gasteiger charge is -2.41. The van der Waals surface area contributed by atoms with Gasteiger partial charge in [-0.05, 0) is 45.4 Å². The predicted molar refractivity (Wildman–Crippen MR) is 79.1 cm³/mol. The van der Waals surface area contributed by atoms with Crippen LogP contribution >= 0.6 is 0 Å². The van der Waals surface area contributed by atoms with E-state index >= 15 is 0 Å². The van der Waals surface area contributed by atoms with Crippen molar-refractivity contribution >= 4 is 11.5 Å². The number of aryl methyl sites for hydroxylation is 1. The summed E-state index contributed by atoms with van der Waals surface area (Å²) in [5, 5.41) is 18.9. The minimum Gasteiger partial charge on any atom is -0.364 e. The maximum Gasteiger partial charge on any atom is 0.333 e. The standard InChI is InChI=1S/C14H24N4O2/c1-5-14(7-6-8-14)9-15-13-12(18(19)20)11(4)16-17(13)10(2)3/h10,15H,5-9H2,1-4H3. The SMILES string of the molecule is CCC1(CNc2c([N+](=O)[O-])c(C)nn2C(C)C)CCC1. The molecule has 112 valence electrons. The molecule has 0 aliphatic heterocycles. The summed E-state index contributed by atoms with van der Waals surface area (Å²) in [7, 11) is 0. The highest BCUT2D eigenvalue weighted by molar-refractivity contribution is 5.60. The Hall–Kier alpha value is -1.59. The average Bonchev–Trinajstić information content (AvgIpc) is 2.65. The minimum atomic E-state index is -0.330. The summed E-state index contributed by atoms with van der Waals surface area (Å²) in [4.78, 5) is 10.9. The molecule has 1 aliphatic rings. The summed E-state index contributed by atoms with van der Waals surface area (Å²) < 4.78 is 1.73. The van der Waals surface area contributed by atoms with Gasteiger partial charge in [-0.3, -0.25) is 10.1 Å². The van der Waals surface area contributed by atoms with Gasteiger partial charge in [-0.1, -0.05) is 13.3 Å². The van der Waals surface area contributed by atoms with Crippen LogP contribution in [0, 0.1) is 22.5 Å². The zero-order valence-corrected chi connectivity index (χ0v) is 12.8. The van der Waals surface area contributed by atoms with E-state index in [1.54, 1.807) is 11.6 Å². The first kappa shape index (κ1) is 14.8. The van der Waals surface area contributed by atoms with Crippen LogP contribution in [0.15, 0.2) is 0 Å². The highest BCUT2D eigenvalue weighted by Crippen LogP contribution is 2.44. The van der Waals surface area contributed by atoms with Gasteiger partial charge in [-0.2, -0.15) is 5.10 Å². The van der Waals surface area contributed by atoms with Crippen LogP contribution < -0.4 is 5.32 Å². The number of nitrogens with zero attached hydrogens (tertiary/aromatic N) is 3. The van der Waals surface area contributed by atoms with E-state index < -0.39 is 0 Å². The Bertz CT molecular complexity index is 498. The van der Waals surface area contributed by atoms with Crippen molar-refractivity contribution in [1.29, 1.82) is 0 Å². The summed E-state index contributed by atoms with van der Waals surface area (Å²) in [5.41, 5.74) is 0.906. The van der Waals surface area contributed by atoms with Crippen molar-refractivity contribution in [2.24, 2.45) is 5.41 Å². The van der Waals surface area contributed by atoms with E-state index in [-0.39, 0.29) is 16.7 Å². The second-order valence-electron chi connectivity index (χ2n) is 6.14. The van der Waals surface area contributed by atoms with Gasteiger partial charge in [0.05, 0.1) is 4.92 Å². The summed E-state index contributed by atoms with van der Waals surface area (Å²) in [5.74, 6) is 0.558. The molecule has 1 saturated carbocycles. The molecule has 0 amide bonds. The molecule has 0 aromatic carbocycles. The summed E-state index contributed by atoms with van der Waals surface area (Å²) >= 11 is 0. The number of hydrogen-bond acceptors (Lipinski definition) is 4. The molecule has 1 aromatic rings. The Balaban J connectivity index is 2.26. The molecule has 1 fully saturated rings. The van der Waals surface area contributed by atoms with Crippen LogP contribution in [0.25, 0.3) is 0 Å². The third-order valence-corrected chi connectivity index (χ3v) is 4.52. The van der Waals surface area contributed by atoms with E-state index in [9.17, 15) is 10.1 Å². The molecule has 2 rings (SSSR count). The summed E-state index contributed by atoms with van der Waals surface area (Å²) in [6.07, 6.45) is 4.79. The van der Waals surface area contributed by atoms with Crippen molar-refractivity contribution in [3.05, 3.63) is 15.8 Å². The zero-order chi connectivity index (χ0) is 14.9. The van der Waals surface area contributed by atoms with Crippen LogP contribution in [0.3, 0.4) is 0 Å². The highest BCUT2D eigenvalue weighted by Gasteiger charge is 2.36. The molecule has 6 nitrogen and oxygen atoms in total. The Morgan fingerprint density at radius 3 is 2.55 bits per heavy atom. The van der Waals surface area contributed by atoms with Crippen LogP contribution in [0.4, 0.5) is 11.5 Å². The van der Waals surface area contributed by atoms with Gasteiger partial charge in [0.15, 0.2) is 0 Å². The molecule has 1 heterocycles. The third-order valence-electron chi connectivity index (χ3n) is 4.52. The third kappa shape index (κ3) is 2.51. The molecule has 0 bridgehead atoms. The van der Waals surface area contributed by atoms with E-state index in [0.717, 1.165) is 13.0 Å². The molecule has 0 unspecified atom stereocenters. The molecule has 0 atom stereocenters. The molecule has 0 radical (unpaired) electrons. The van der Waals surface area contributed by atoms with Crippen LogP contribution in [0.2, 0.25) is 0 Å². The van der Waals surface area contributed by atoms with Gasteiger partial charge in [-0.15, -0.1) is 0 Å². The minimum absolute atomic E-state index is 0.101. The fourth-order valence-corrected chi connectivity index (χ4v) is 2.90. The predicted octanol–water partition coefficient (Wildman–Crippen LogP) is 3.67. The van der Waals surface area contributed by atoms with E-state index in [0.29, 0.717) is 16.9 Å². The summed E-state index contributed by atoms with van der Waals surface area (Å²) in [6.45, 7) is 8.66. The van der Waals surface area contributed by atoms with Gasteiger partial charge in [0.2, 0.25) is 5.82 Å². The van der Waals surface area contributed by atoms with Gasteiger partial charge < -0.3 is 5.32 Å². The lowest BCUT2D eigenvalue weighted by molar-refractivity contribution is -0.384. The monoisotopic (exact) mass is 280 g/mol. The number of nitro groups is 1. The number of anilines is 1. The van der Waals surface area contributed by atoms with Gasteiger partial charge in [0, 0.05) is 12.6 Å². The molecule has 0 saturated heterocycles. The molecular weight excluding hydrogens is 256 g/mol. The van der Waals surface area contributed by atoms with E-state index in [2.05, 4.69) is 17.3 Å². The summed E-state index contributed by atoms with van der Waals surface area (Å²) in [6, 6.07) is 0.101. The van der Waals surface area contributed by atoms with Gasteiger partial charge >= 0.3 is 5.69 Å². The van der Waals surface area contributed by atoms with E-state index in [4.69, 9.17) is 0 Å². The molecule has 20 heavy (non-hydrogen) atoms. The molecular formula is C14H24N4O2. The largest absolute Gasteiger partial charge is 0.364 e. The Labute approximate surface area is 119 Å². The lowest BCUT2D eigenvalue weighted by Crippen LogP contribution is -2.36. The first-order chi connectivity index (χ1) is 9.40. The van der Waals surface area contributed by atoms with Gasteiger partial charge in [-0.25, -0.2) is 4.68 Å². The van der Waals surface area contributed by atoms with Crippen LogP contribution in [-0.4, -0.2) is 21.2 Å². The van der Waals surface area contributed by atoms with Crippen molar-refractivity contribution in [3.8, 4) is 0 Å². The molecule has 0 spiro atoms. The van der Waals surface area contributed by atoms with Crippen molar-refractivity contribution in [1.82, 2.24) is 9.78 Å². The van der Waals surface area contributed by atoms with E-state index in [1.165, 1.54) is 19.3 Å². The number of nitrogens with one attached hydrogen (secondary N) is 1. The first-order valence-corrected chi connectivity index (χ1v) is 7.37. The van der Waals surface area contributed by atoms with Crippen LogP contribution in [0.1, 0.15) is 58.2 Å². The quantitative estimate of drug-likeness (QED) is 0.637. The molecule has 1 aromatic heterocycles. The Morgan fingerprint density at radius 2 is 2.15 bits per heavy atom. The van der Waals surface area contributed by atoms with Crippen molar-refractivity contribution in [2.75, 3.05) is 11.9 Å².